The molecule has 0 rings (SSSR count). The summed E-state index contributed by atoms with van der Waals surface area (Å²) < 4.78 is 5.51. The SMILES string of the molecule is CCCCCCCCCCCCCCCCCCCCC/C=C/C(O)C(CO)NC(=O)CCCCCCCCCCCCC/C=C\CCCCCCCCCCCCCCOC(=O)CCCCCCCCCCCCCCCCCCC. The Bertz CT molecular complexity index is 1280. The standard InChI is InChI=1S/C76H147NO5/c1-3-5-7-9-11-13-15-17-19-21-22-30-33-37-40-44-48-52-56-60-64-68-74(79)73(72-78)77-75(80)69-65-61-57-53-49-45-41-38-34-31-28-26-24-23-25-27-29-32-35-39-43-47-51-55-59-63-67-71-82-76(81)70-66-62-58-54-50-46-42-36-20-18-16-14-12-10-8-6-4-2/h23-24,64,68,73-74,78-79H,3-22,25-63,65-67,69-72H2,1-2H3,(H,77,80)/b24-23-,68-64+. The van der Waals surface area contributed by atoms with Gasteiger partial charge in [0.15, 0.2) is 0 Å². The number of aliphatic hydroxyl groups excluding tert-OH is 2. The van der Waals surface area contributed by atoms with Crippen molar-refractivity contribution in [3.8, 4) is 0 Å². The van der Waals surface area contributed by atoms with Crippen molar-refractivity contribution < 1.29 is 24.5 Å². The largest absolute Gasteiger partial charge is 0.466 e. The number of nitrogens with one attached hydrogen (secondary N) is 1. The first-order valence-corrected chi connectivity index (χ1v) is 37.6. The van der Waals surface area contributed by atoms with E-state index in [4.69, 9.17) is 4.74 Å². The molecular formula is C76H147NO5. The highest BCUT2D eigenvalue weighted by Gasteiger charge is 2.18. The summed E-state index contributed by atoms with van der Waals surface area (Å²) in [6.07, 6.45) is 91.3. The highest BCUT2D eigenvalue weighted by Crippen LogP contribution is 2.19. The lowest BCUT2D eigenvalue weighted by Crippen LogP contribution is -2.45. The molecule has 0 heterocycles. The summed E-state index contributed by atoms with van der Waals surface area (Å²) in [6, 6.07) is -0.629. The third kappa shape index (κ3) is 67.5. The van der Waals surface area contributed by atoms with Crippen molar-refractivity contribution >= 4 is 11.9 Å². The van der Waals surface area contributed by atoms with Crippen LogP contribution in [0, 0.1) is 0 Å². The number of rotatable bonds is 71. The third-order valence-electron chi connectivity index (χ3n) is 17.7. The number of allylic oxidation sites excluding steroid dienone is 3. The number of ether oxygens (including phenoxy) is 1. The highest BCUT2D eigenvalue weighted by molar-refractivity contribution is 5.76. The van der Waals surface area contributed by atoms with Gasteiger partial charge in [-0.05, 0) is 57.8 Å². The molecule has 0 aromatic rings. The Morgan fingerprint density at radius 2 is 0.573 bits per heavy atom. The van der Waals surface area contributed by atoms with Crippen LogP contribution in [0.2, 0.25) is 0 Å². The Morgan fingerprint density at radius 3 is 0.866 bits per heavy atom. The topological polar surface area (TPSA) is 95.9 Å². The smallest absolute Gasteiger partial charge is 0.305 e. The maximum atomic E-state index is 12.5. The lowest BCUT2D eigenvalue weighted by atomic mass is 10.0. The molecule has 0 aromatic heterocycles. The van der Waals surface area contributed by atoms with Crippen molar-refractivity contribution in [2.45, 2.75) is 437 Å². The van der Waals surface area contributed by atoms with E-state index in [1.807, 2.05) is 6.08 Å². The Kier molecular flexibility index (Phi) is 70.4. The Labute approximate surface area is 513 Å². The maximum absolute atomic E-state index is 12.5. The van der Waals surface area contributed by atoms with Gasteiger partial charge in [0.2, 0.25) is 5.91 Å². The monoisotopic (exact) mass is 1150 g/mol. The van der Waals surface area contributed by atoms with Gasteiger partial charge < -0.3 is 20.3 Å². The molecule has 0 fully saturated rings. The summed E-state index contributed by atoms with van der Waals surface area (Å²) in [7, 11) is 0. The van der Waals surface area contributed by atoms with E-state index < -0.39 is 12.1 Å². The molecule has 2 unspecified atom stereocenters. The number of amides is 1. The molecule has 0 saturated heterocycles. The lowest BCUT2D eigenvalue weighted by molar-refractivity contribution is -0.143. The van der Waals surface area contributed by atoms with Crippen molar-refractivity contribution in [2.24, 2.45) is 0 Å². The molecule has 82 heavy (non-hydrogen) atoms. The first-order chi connectivity index (χ1) is 40.5. The molecule has 3 N–H and O–H groups in total. The minimum Gasteiger partial charge on any atom is -0.466 e. The molecule has 0 aromatic carbocycles. The van der Waals surface area contributed by atoms with Gasteiger partial charge in [-0.15, -0.1) is 0 Å². The van der Waals surface area contributed by atoms with E-state index >= 15 is 0 Å². The van der Waals surface area contributed by atoms with Crippen molar-refractivity contribution in [1.82, 2.24) is 5.32 Å². The molecule has 0 spiro atoms. The highest BCUT2D eigenvalue weighted by atomic mass is 16.5. The first kappa shape index (κ1) is 80.3. The summed E-state index contributed by atoms with van der Waals surface area (Å²) in [6.45, 7) is 4.95. The predicted molar refractivity (Wildman–Crippen MR) is 361 cm³/mol. The maximum Gasteiger partial charge on any atom is 0.305 e. The molecule has 6 heteroatoms. The average Bonchev–Trinajstić information content (AvgIpc) is 3.48. The van der Waals surface area contributed by atoms with Crippen molar-refractivity contribution in [1.29, 1.82) is 0 Å². The van der Waals surface area contributed by atoms with Gasteiger partial charge in [0.25, 0.3) is 0 Å². The molecule has 486 valence electrons. The van der Waals surface area contributed by atoms with E-state index in [1.54, 1.807) is 6.08 Å². The zero-order chi connectivity index (χ0) is 59.2. The van der Waals surface area contributed by atoms with E-state index in [-0.39, 0.29) is 18.5 Å². The van der Waals surface area contributed by atoms with Crippen LogP contribution in [0.4, 0.5) is 0 Å². The van der Waals surface area contributed by atoms with Crippen LogP contribution in [0.5, 0.6) is 0 Å². The molecule has 0 aliphatic heterocycles. The quantitative estimate of drug-likeness (QED) is 0.0320. The molecule has 0 bridgehead atoms. The van der Waals surface area contributed by atoms with Crippen LogP contribution in [-0.2, 0) is 14.3 Å². The zero-order valence-electron chi connectivity index (χ0n) is 55.8. The number of unbranched alkanes of at least 4 members (excludes halogenated alkanes) is 58. The van der Waals surface area contributed by atoms with Crippen LogP contribution in [0.3, 0.4) is 0 Å². The van der Waals surface area contributed by atoms with E-state index in [9.17, 15) is 19.8 Å². The molecule has 6 nitrogen and oxygen atoms in total. The second-order valence-corrected chi connectivity index (χ2v) is 26.0. The third-order valence-corrected chi connectivity index (χ3v) is 17.7. The zero-order valence-corrected chi connectivity index (χ0v) is 55.8. The fourth-order valence-electron chi connectivity index (χ4n) is 12.0. The summed E-state index contributed by atoms with van der Waals surface area (Å²) in [4.78, 5) is 24.6. The van der Waals surface area contributed by atoms with Gasteiger partial charge in [-0.3, -0.25) is 9.59 Å². The predicted octanol–water partition coefficient (Wildman–Crippen LogP) is 24.5. The van der Waals surface area contributed by atoms with Gasteiger partial charge in [-0.1, -0.05) is 378 Å². The first-order valence-electron chi connectivity index (χ1n) is 37.6. The molecule has 0 aliphatic carbocycles. The Morgan fingerprint density at radius 1 is 0.329 bits per heavy atom. The summed E-state index contributed by atoms with van der Waals surface area (Å²) in [5, 5.41) is 23.3. The van der Waals surface area contributed by atoms with E-state index in [1.165, 1.54) is 360 Å². The summed E-state index contributed by atoms with van der Waals surface area (Å²) in [5.41, 5.74) is 0. The minimum atomic E-state index is -0.846. The molecule has 0 aliphatic rings. The van der Waals surface area contributed by atoms with Crippen molar-refractivity contribution in [2.75, 3.05) is 13.2 Å². The second-order valence-electron chi connectivity index (χ2n) is 26.0. The summed E-state index contributed by atoms with van der Waals surface area (Å²) in [5.74, 6) is -0.0447. The number of carbonyl (C=O) groups is 2. The van der Waals surface area contributed by atoms with Gasteiger partial charge >= 0.3 is 5.97 Å². The van der Waals surface area contributed by atoms with Crippen LogP contribution < -0.4 is 5.32 Å². The number of aliphatic hydroxyl groups is 2. The van der Waals surface area contributed by atoms with Gasteiger partial charge in [0, 0.05) is 12.8 Å². The van der Waals surface area contributed by atoms with Gasteiger partial charge in [0.1, 0.15) is 0 Å². The van der Waals surface area contributed by atoms with Crippen molar-refractivity contribution in [3.05, 3.63) is 24.3 Å². The number of carbonyl (C=O) groups excluding carboxylic acids is 2. The van der Waals surface area contributed by atoms with E-state index in [2.05, 4.69) is 31.3 Å². The summed E-state index contributed by atoms with van der Waals surface area (Å²) >= 11 is 0. The van der Waals surface area contributed by atoms with Gasteiger partial charge in [-0.2, -0.15) is 0 Å². The minimum absolute atomic E-state index is 0.0197. The Hall–Kier alpha value is -1.66. The Balaban J connectivity index is 3.39. The van der Waals surface area contributed by atoms with Crippen LogP contribution in [-0.4, -0.2) is 47.4 Å². The average molecular weight is 1160 g/mol. The van der Waals surface area contributed by atoms with E-state index in [0.717, 1.165) is 38.5 Å². The molecular weight excluding hydrogens is 1010 g/mol. The van der Waals surface area contributed by atoms with Crippen LogP contribution in [0.1, 0.15) is 425 Å². The molecule has 0 radical (unpaired) electrons. The van der Waals surface area contributed by atoms with Gasteiger partial charge in [-0.25, -0.2) is 0 Å². The van der Waals surface area contributed by atoms with Crippen LogP contribution in [0.25, 0.3) is 0 Å². The number of esters is 1. The number of hydrogen-bond donors (Lipinski definition) is 3. The van der Waals surface area contributed by atoms with E-state index in [0.29, 0.717) is 19.4 Å². The fraction of sp³-hybridized carbons (Fsp3) is 0.921. The molecule has 1 amide bonds. The van der Waals surface area contributed by atoms with Gasteiger partial charge in [0.05, 0.1) is 25.4 Å². The number of hydrogen-bond acceptors (Lipinski definition) is 5. The van der Waals surface area contributed by atoms with Crippen LogP contribution in [0.15, 0.2) is 24.3 Å². The normalized spacial score (nSPS) is 12.6. The van der Waals surface area contributed by atoms with Crippen molar-refractivity contribution in [3.63, 3.8) is 0 Å². The lowest BCUT2D eigenvalue weighted by Gasteiger charge is -2.20. The fourth-order valence-corrected chi connectivity index (χ4v) is 12.0. The molecule has 2 atom stereocenters. The molecule has 0 saturated carbocycles. The second kappa shape index (κ2) is 71.8. The van der Waals surface area contributed by atoms with Crippen LogP contribution >= 0.6 is 0 Å².